The van der Waals surface area contributed by atoms with Crippen molar-refractivity contribution in [3.05, 3.63) is 0 Å². The zero-order valence-corrected chi connectivity index (χ0v) is 12.0. The average Bonchev–Trinajstić information content (AvgIpc) is 2.80. The summed E-state index contributed by atoms with van der Waals surface area (Å²) < 4.78 is 15.3. The second-order valence-electron chi connectivity index (χ2n) is 5.58. The lowest BCUT2D eigenvalue weighted by molar-refractivity contribution is -0.318. The van der Waals surface area contributed by atoms with E-state index in [2.05, 4.69) is 0 Å². The molecule has 0 amide bonds. The molecule has 2 rings (SSSR count). The molecule has 2 saturated heterocycles. The number of rotatable bonds is 5. The Labute approximate surface area is 130 Å². The van der Waals surface area contributed by atoms with E-state index in [1.54, 1.807) is 0 Å². The molecule has 23 heavy (non-hydrogen) atoms. The van der Waals surface area contributed by atoms with Gasteiger partial charge in [-0.2, -0.15) is 0 Å². The number of hydrogen-bond acceptors (Lipinski definition) is 11. The lowest BCUT2D eigenvalue weighted by Crippen LogP contribution is -2.60. The quantitative estimate of drug-likeness (QED) is 0.238. The summed E-state index contributed by atoms with van der Waals surface area (Å²) >= 11 is 0. The fraction of sp³-hybridized carbons (Fsp3) is 1.00. The smallest absolute Gasteiger partial charge is 0.219 e. The van der Waals surface area contributed by atoms with E-state index >= 15 is 0 Å². The van der Waals surface area contributed by atoms with Gasteiger partial charge in [-0.3, -0.25) is 0 Å². The summed E-state index contributed by atoms with van der Waals surface area (Å²) in [6.07, 6.45) is -12.2. The van der Waals surface area contributed by atoms with Gasteiger partial charge in [-0.05, 0) is 0 Å². The van der Waals surface area contributed by atoms with Gasteiger partial charge in [0, 0.05) is 0 Å². The maximum absolute atomic E-state index is 10.00. The molecule has 0 radical (unpaired) electrons. The highest BCUT2D eigenvalue weighted by Gasteiger charge is 2.56. The molecule has 0 aliphatic carbocycles. The SMILES string of the molecule is OCC1O[C@H](O[C@@H]2C(O)[C@@](O)(CO)O[C@@H]2CO)C(O)[C@@H](O)[C@@H]1O. The molecule has 2 fully saturated rings. The van der Waals surface area contributed by atoms with Crippen LogP contribution in [0.15, 0.2) is 0 Å². The minimum atomic E-state index is -2.37. The Morgan fingerprint density at radius 2 is 1.48 bits per heavy atom. The van der Waals surface area contributed by atoms with Crippen molar-refractivity contribution in [1.29, 1.82) is 0 Å². The number of aliphatic hydroxyl groups excluding tert-OH is 7. The summed E-state index contributed by atoms with van der Waals surface area (Å²) in [5.41, 5.74) is 0. The van der Waals surface area contributed by atoms with E-state index in [-0.39, 0.29) is 0 Å². The molecule has 136 valence electrons. The van der Waals surface area contributed by atoms with Gasteiger partial charge in [0.25, 0.3) is 0 Å². The Morgan fingerprint density at radius 3 is 2.00 bits per heavy atom. The molecule has 11 nitrogen and oxygen atoms in total. The van der Waals surface area contributed by atoms with Crippen molar-refractivity contribution in [2.75, 3.05) is 19.8 Å². The second-order valence-corrected chi connectivity index (χ2v) is 5.58. The van der Waals surface area contributed by atoms with Crippen molar-refractivity contribution in [3.8, 4) is 0 Å². The number of aliphatic hydroxyl groups is 8. The molecule has 3 unspecified atom stereocenters. The molecule has 0 aromatic carbocycles. The van der Waals surface area contributed by atoms with Crippen LogP contribution in [0.25, 0.3) is 0 Å². The first-order valence-corrected chi connectivity index (χ1v) is 7.05. The van der Waals surface area contributed by atoms with Crippen LogP contribution in [0.5, 0.6) is 0 Å². The molecule has 0 spiro atoms. The monoisotopic (exact) mass is 342 g/mol. The van der Waals surface area contributed by atoms with Crippen molar-refractivity contribution < 1.29 is 55.1 Å². The molecule has 0 bridgehead atoms. The lowest BCUT2D eigenvalue weighted by Gasteiger charge is -2.41. The first-order chi connectivity index (χ1) is 10.8. The average molecular weight is 342 g/mol. The van der Waals surface area contributed by atoms with Crippen LogP contribution in [0.4, 0.5) is 0 Å². The van der Waals surface area contributed by atoms with E-state index in [0.717, 1.165) is 0 Å². The summed E-state index contributed by atoms with van der Waals surface area (Å²) in [5, 5.41) is 76.5. The van der Waals surface area contributed by atoms with Gasteiger partial charge in [0.2, 0.25) is 5.79 Å². The minimum Gasteiger partial charge on any atom is -0.394 e. The Hall–Kier alpha value is -0.440. The fourth-order valence-electron chi connectivity index (χ4n) is 2.63. The van der Waals surface area contributed by atoms with E-state index in [0.29, 0.717) is 0 Å². The predicted octanol–water partition coefficient (Wildman–Crippen LogP) is -5.40. The topological polar surface area (TPSA) is 190 Å². The molecular weight excluding hydrogens is 320 g/mol. The first kappa shape index (κ1) is 18.9. The molecular formula is C12H22O11. The van der Waals surface area contributed by atoms with Crippen LogP contribution >= 0.6 is 0 Å². The molecule has 8 N–H and O–H groups in total. The number of hydrogen-bond donors (Lipinski definition) is 8. The van der Waals surface area contributed by atoms with E-state index in [1.807, 2.05) is 0 Å². The zero-order chi connectivity index (χ0) is 17.4. The van der Waals surface area contributed by atoms with Crippen molar-refractivity contribution >= 4 is 0 Å². The summed E-state index contributed by atoms with van der Waals surface area (Å²) in [7, 11) is 0. The normalized spacial score (nSPS) is 51.1. The van der Waals surface area contributed by atoms with E-state index in [9.17, 15) is 30.6 Å². The predicted molar refractivity (Wildman–Crippen MR) is 68.6 cm³/mol. The molecule has 2 aliphatic heterocycles. The summed E-state index contributed by atoms with van der Waals surface area (Å²) in [4.78, 5) is 0. The fourth-order valence-corrected chi connectivity index (χ4v) is 2.63. The van der Waals surface area contributed by atoms with Crippen LogP contribution in [0.3, 0.4) is 0 Å². The Balaban J connectivity index is 2.13. The largest absolute Gasteiger partial charge is 0.394 e. The molecule has 0 saturated carbocycles. The highest BCUT2D eigenvalue weighted by atomic mass is 16.7. The van der Waals surface area contributed by atoms with Gasteiger partial charge >= 0.3 is 0 Å². The zero-order valence-electron chi connectivity index (χ0n) is 12.0. The Bertz CT molecular complexity index is 393. The highest BCUT2D eigenvalue weighted by molar-refractivity contribution is 4.98. The molecule has 2 aliphatic rings. The van der Waals surface area contributed by atoms with Crippen molar-refractivity contribution in [2.24, 2.45) is 0 Å². The van der Waals surface area contributed by atoms with Gasteiger partial charge in [0.1, 0.15) is 42.7 Å². The van der Waals surface area contributed by atoms with Gasteiger partial charge in [-0.25, -0.2) is 0 Å². The summed E-state index contributed by atoms with van der Waals surface area (Å²) in [6, 6.07) is 0. The molecule has 11 heteroatoms. The van der Waals surface area contributed by atoms with Gasteiger partial charge in [0.15, 0.2) is 6.29 Å². The van der Waals surface area contributed by atoms with Crippen molar-refractivity contribution in [1.82, 2.24) is 0 Å². The third-order valence-corrected chi connectivity index (χ3v) is 4.04. The second kappa shape index (κ2) is 7.21. The van der Waals surface area contributed by atoms with Crippen molar-refractivity contribution in [3.63, 3.8) is 0 Å². The Morgan fingerprint density at radius 1 is 0.870 bits per heavy atom. The molecule has 0 aromatic rings. The standard InChI is InChI=1S/C12H22O11/c13-1-4-6(16)7(17)8(18)11(21-4)22-9-5(2-14)23-12(20,3-15)10(9)19/h4-11,13-20H,1-3H2/t4?,5-,6-,7+,8?,9+,10?,11-,12-/m1/s1. The minimum absolute atomic E-state index is 0.668. The van der Waals surface area contributed by atoms with Gasteiger partial charge < -0.3 is 55.1 Å². The maximum Gasteiger partial charge on any atom is 0.219 e. The van der Waals surface area contributed by atoms with Gasteiger partial charge in [-0.1, -0.05) is 0 Å². The third kappa shape index (κ3) is 3.36. The van der Waals surface area contributed by atoms with Crippen LogP contribution in [-0.4, -0.2) is 115 Å². The van der Waals surface area contributed by atoms with E-state index in [1.165, 1.54) is 0 Å². The van der Waals surface area contributed by atoms with Crippen LogP contribution in [0.1, 0.15) is 0 Å². The summed E-state index contributed by atoms with van der Waals surface area (Å²) in [5.74, 6) is -2.37. The van der Waals surface area contributed by atoms with Gasteiger partial charge in [-0.15, -0.1) is 0 Å². The molecule has 2 heterocycles. The first-order valence-electron chi connectivity index (χ1n) is 7.05. The maximum atomic E-state index is 10.00. The molecule has 0 aromatic heterocycles. The van der Waals surface area contributed by atoms with E-state index in [4.69, 9.17) is 24.4 Å². The van der Waals surface area contributed by atoms with Gasteiger partial charge in [0.05, 0.1) is 19.8 Å². The van der Waals surface area contributed by atoms with Crippen LogP contribution < -0.4 is 0 Å². The molecule has 9 atom stereocenters. The summed E-state index contributed by atoms with van der Waals surface area (Å²) in [6.45, 7) is -2.32. The third-order valence-electron chi connectivity index (χ3n) is 4.04. The van der Waals surface area contributed by atoms with Crippen molar-refractivity contribution in [2.45, 2.75) is 54.8 Å². The Kier molecular flexibility index (Phi) is 5.92. The van der Waals surface area contributed by atoms with Crippen LogP contribution in [0.2, 0.25) is 0 Å². The van der Waals surface area contributed by atoms with Crippen LogP contribution in [-0.2, 0) is 14.2 Å². The van der Waals surface area contributed by atoms with E-state index < -0.39 is 74.6 Å². The number of ether oxygens (including phenoxy) is 3. The van der Waals surface area contributed by atoms with Crippen LogP contribution in [0, 0.1) is 0 Å². The highest BCUT2D eigenvalue weighted by Crippen LogP contribution is 2.33. The lowest BCUT2D eigenvalue weighted by atomic mass is 9.99.